The molecule has 0 spiro atoms. The number of likely N-dealkylation sites (tertiary alicyclic amines) is 1. The van der Waals surface area contributed by atoms with E-state index in [1.807, 2.05) is 23.9 Å². The summed E-state index contributed by atoms with van der Waals surface area (Å²) < 4.78 is 9.39. The van der Waals surface area contributed by atoms with Crippen LogP contribution in [0.5, 0.6) is 0 Å². The monoisotopic (exact) mass is 535 g/mol. The van der Waals surface area contributed by atoms with E-state index in [4.69, 9.17) is 9.72 Å². The minimum absolute atomic E-state index is 0.00872. The predicted molar refractivity (Wildman–Crippen MR) is 160 cm³/mol. The van der Waals surface area contributed by atoms with Crippen LogP contribution in [0, 0.1) is 5.92 Å². The van der Waals surface area contributed by atoms with Gasteiger partial charge in [-0.05, 0) is 61.4 Å². The summed E-state index contributed by atoms with van der Waals surface area (Å²) in [6.07, 6.45) is 6.07. The van der Waals surface area contributed by atoms with E-state index < -0.39 is 0 Å². The fourth-order valence-electron chi connectivity index (χ4n) is 6.63. The van der Waals surface area contributed by atoms with Crippen LogP contribution in [-0.2, 0) is 18.3 Å². The van der Waals surface area contributed by atoms with Gasteiger partial charge in [-0.3, -0.25) is 14.0 Å². The molecule has 40 heavy (non-hydrogen) atoms. The van der Waals surface area contributed by atoms with Crippen molar-refractivity contribution >= 4 is 22.1 Å². The SMILES string of the molecule is CC1CCN(Cc2ccc(-c3[nH]c4ncc5c(c4c3-c3ccccc3)n(C3CCOCC3)c(=O)n5C)cc2)CC1. The van der Waals surface area contributed by atoms with Gasteiger partial charge in [0.05, 0.1) is 28.3 Å². The van der Waals surface area contributed by atoms with Crippen LogP contribution in [0.15, 0.2) is 65.6 Å². The van der Waals surface area contributed by atoms with Gasteiger partial charge < -0.3 is 9.72 Å². The molecule has 2 aliphatic rings. The molecule has 0 aliphatic carbocycles. The Morgan fingerprint density at radius 3 is 2.40 bits per heavy atom. The van der Waals surface area contributed by atoms with Crippen LogP contribution in [0.25, 0.3) is 44.5 Å². The summed E-state index contributed by atoms with van der Waals surface area (Å²) >= 11 is 0. The van der Waals surface area contributed by atoms with Gasteiger partial charge in [-0.25, -0.2) is 9.78 Å². The van der Waals surface area contributed by atoms with Gasteiger partial charge in [-0.1, -0.05) is 61.5 Å². The third-order valence-electron chi connectivity index (χ3n) is 9.01. The highest BCUT2D eigenvalue weighted by atomic mass is 16.5. The van der Waals surface area contributed by atoms with Crippen molar-refractivity contribution in [3.63, 3.8) is 0 Å². The summed E-state index contributed by atoms with van der Waals surface area (Å²) in [5.74, 6) is 0.838. The number of rotatable bonds is 5. The topological polar surface area (TPSA) is 68.1 Å². The number of H-pyrrole nitrogens is 1. The van der Waals surface area contributed by atoms with E-state index in [0.717, 1.165) is 69.8 Å². The normalized spacial score (nSPS) is 17.8. The maximum Gasteiger partial charge on any atom is 0.329 e. The fourth-order valence-corrected chi connectivity index (χ4v) is 6.63. The Morgan fingerprint density at radius 1 is 0.950 bits per heavy atom. The Balaban J connectivity index is 1.39. The van der Waals surface area contributed by atoms with Gasteiger partial charge in [-0.15, -0.1) is 0 Å². The fraction of sp³-hybridized carbons (Fsp3) is 0.394. The van der Waals surface area contributed by atoms with Gasteiger partial charge in [0.25, 0.3) is 0 Å². The maximum atomic E-state index is 13.6. The van der Waals surface area contributed by atoms with Gasteiger partial charge in [-0.2, -0.15) is 0 Å². The van der Waals surface area contributed by atoms with Crippen LogP contribution in [0.1, 0.15) is 44.2 Å². The number of pyridine rings is 1. The molecule has 7 heteroatoms. The molecule has 0 saturated carbocycles. The average Bonchev–Trinajstić information content (AvgIpc) is 3.51. The zero-order valence-electron chi connectivity index (χ0n) is 23.4. The van der Waals surface area contributed by atoms with E-state index in [2.05, 4.69) is 65.3 Å². The lowest BCUT2D eigenvalue weighted by Gasteiger charge is -2.30. The summed E-state index contributed by atoms with van der Waals surface area (Å²) in [5, 5.41) is 1.01. The van der Waals surface area contributed by atoms with Crippen LogP contribution in [0.4, 0.5) is 0 Å². The first kappa shape index (κ1) is 25.3. The number of nitrogens with zero attached hydrogens (tertiary/aromatic N) is 4. The van der Waals surface area contributed by atoms with Gasteiger partial charge >= 0.3 is 5.69 Å². The van der Waals surface area contributed by atoms with E-state index in [0.29, 0.717) is 13.2 Å². The molecule has 2 fully saturated rings. The van der Waals surface area contributed by atoms with E-state index in [1.54, 1.807) is 4.57 Å². The number of aromatic amines is 1. The molecule has 0 bridgehead atoms. The highest BCUT2D eigenvalue weighted by Crippen LogP contribution is 2.41. The molecule has 7 nitrogen and oxygen atoms in total. The number of hydrogen-bond donors (Lipinski definition) is 1. The zero-order valence-corrected chi connectivity index (χ0v) is 23.4. The molecule has 0 radical (unpaired) electrons. The molecule has 5 heterocycles. The highest BCUT2D eigenvalue weighted by Gasteiger charge is 2.27. The minimum Gasteiger partial charge on any atom is -0.381 e. The second-order valence-electron chi connectivity index (χ2n) is 11.7. The lowest BCUT2D eigenvalue weighted by atomic mass is 9.97. The summed E-state index contributed by atoms with van der Waals surface area (Å²) in [6, 6.07) is 19.6. The number of aromatic nitrogens is 4. The molecular formula is C33H37N5O2. The number of nitrogens with one attached hydrogen (secondary N) is 1. The zero-order chi connectivity index (χ0) is 27.2. The minimum atomic E-state index is 0.00872. The smallest absolute Gasteiger partial charge is 0.329 e. The predicted octanol–water partition coefficient (Wildman–Crippen LogP) is 6.13. The Morgan fingerprint density at radius 2 is 1.68 bits per heavy atom. The molecule has 7 rings (SSSR count). The van der Waals surface area contributed by atoms with E-state index in [-0.39, 0.29) is 11.7 Å². The molecule has 0 unspecified atom stereocenters. The van der Waals surface area contributed by atoms with E-state index in [9.17, 15) is 4.79 Å². The van der Waals surface area contributed by atoms with Gasteiger partial charge in [0.1, 0.15) is 5.65 Å². The molecule has 3 aromatic heterocycles. The largest absolute Gasteiger partial charge is 0.381 e. The summed E-state index contributed by atoms with van der Waals surface area (Å²) in [5.41, 5.74) is 8.34. The standard InChI is InChI=1S/C33H37N5O2/c1-22-12-16-37(17-13-22)21-23-8-10-25(11-9-23)30-28(24-6-4-3-5-7-24)29-31-27(20-34-32(29)35-30)36(2)33(39)38(31)26-14-18-40-19-15-26/h3-11,20,22,26H,12-19,21H2,1-2H3,(H,34,35). The number of hydrogen-bond acceptors (Lipinski definition) is 4. The Labute approximate surface area is 234 Å². The Kier molecular flexibility index (Phi) is 6.56. The van der Waals surface area contributed by atoms with Crippen molar-refractivity contribution in [2.75, 3.05) is 26.3 Å². The van der Waals surface area contributed by atoms with Crippen molar-refractivity contribution in [3.05, 3.63) is 76.8 Å². The Hall–Kier alpha value is -3.68. The van der Waals surface area contributed by atoms with Crippen molar-refractivity contribution < 1.29 is 4.74 Å². The molecule has 206 valence electrons. The quantitative estimate of drug-likeness (QED) is 0.294. The third-order valence-corrected chi connectivity index (χ3v) is 9.01. The van der Waals surface area contributed by atoms with Crippen molar-refractivity contribution in [2.24, 2.45) is 13.0 Å². The summed E-state index contributed by atoms with van der Waals surface area (Å²) in [7, 11) is 1.85. The van der Waals surface area contributed by atoms with Crippen LogP contribution in [-0.4, -0.2) is 50.3 Å². The third kappa shape index (κ3) is 4.38. The molecule has 2 aromatic carbocycles. The first-order valence-corrected chi connectivity index (χ1v) is 14.6. The number of fused-ring (bicyclic) bond motifs is 3. The van der Waals surface area contributed by atoms with Crippen LogP contribution < -0.4 is 5.69 Å². The Bertz CT molecular complexity index is 1700. The van der Waals surface area contributed by atoms with Gasteiger partial charge in [0.2, 0.25) is 0 Å². The number of piperidine rings is 1. The number of benzene rings is 2. The molecule has 0 amide bonds. The first-order chi connectivity index (χ1) is 19.6. The van der Waals surface area contributed by atoms with Crippen molar-refractivity contribution in [1.29, 1.82) is 0 Å². The van der Waals surface area contributed by atoms with Crippen LogP contribution >= 0.6 is 0 Å². The second kappa shape index (κ2) is 10.4. The second-order valence-corrected chi connectivity index (χ2v) is 11.7. The van der Waals surface area contributed by atoms with E-state index >= 15 is 0 Å². The van der Waals surface area contributed by atoms with E-state index in [1.165, 1.54) is 31.5 Å². The van der Waals surface area contributed by atoms with Crippen molar-refractivity contribution in [3.8, 4) is 22.4 Å². The molecule has 2 saturated heterocycles. The summed E-state index contributed by atoms with van der Waals surface area (Å²) in [6.45, 7) is 7.06. The molecule has 2 aliphatic heterocycles. The first-order valence-electron chi connectivity index (χ1n) is 14.6. The molecule has 5 aromatic rings. The molecule has 1 N–H and O–H groups in total. The van der Waals surface area contributed by atoms with Gasteiger partial charge in [0, 0.05) is 38.4 Å². The number of imidazole rings is 1. The maximum absolute atomic E-state index is 13.6. The van der Waals surface area contributed by atoms with Crippen molar-refractivity contribution in [1.82, 2.24) is 24.0 Å². The summed E-state index contributed by atoms with van der Waals surface area (Å²) in [4.78, 5) is 24.7. The number of aryl methyl sites for hydroxylation is 1. The molecular weight excluding hydrogens is 498 g/mol. The van der Waals surface area contributed by atoms with Crippen LogP contribution in [0.2, 0.25) is 0 Å². The lowest BCUT2D eigenvalue weighted by molar-refractivity contribution is 0.0697. The molecule has 0 atom stereocenters. The lowest BCUT2D eigenvalue weighted by Crippen LogP contribution is -2.32. The van der Waals surface area contributed by atoms with Gasteiger partial charge in [0.15, 0.2) is 0 Å². The van der Waals surface area contributed by atoms with Crippen molar-refractivity contribution in [2.45, 2.75) is 45.2 Å². The van der Waals surface area contributed by atoms with Crippen LogP contribution in [0.3, 0.4) is 0 Å². The number of ether oxygens (including phenoxy) is 1. The average molecular weight is 536 g/mol. The highest BCUT2D eigenvalue weighted by molar-refractivity contribution is 6.14.